The number of amides is 1. The van der Waals surface area contributed by atoms with Crippen molar-refractivity contribution in [2.24, 2.45) is 5.41 Å². The molecule has 0 heterocycles. The maximum atomic E-state index is 12.2. The molecule has 0 bridgehead atoms. The molecule has 0 aromatic heterocycles. The molecule has 1 aromatic carbocycles. The van der Waals surface area contributed by atoms with Gasteiger partial charge in [-0.3, -0.25) is 9.59 Å². The summed E-state index contributed by atoms with van der Waals surface area (Å²) in [6.07, 6.45) is 0.467. The van der Waals surface area contributed by atoms with Crippen LogP contribution in [0.5, 0.6) is 5.75 Å². The van der Waals surface area contributed by atoms with Crippen LogP contribution in [0.4, 0.5) is 0 Å². The predicted molar refractivity (Wildman–Crippen MR) is 75.7 cm³/mol. The van der Waals surface area contributed by atoms with Crippen molar-refractivity contribution >= 4 is 11.9 Å². The standard InChI is InChI=1S/C15H21NO4/c1-10(13(17)18)16-14(19)15(2,3)9-11-7-5-6-8-12(11)20-4/h5-8,10H,9H2,1-4H3,(H,16,19)(H,17,18)/t10-/m1/s1. The molecule has 5 heteroatoms. The Bertz CT molecular complexity index is 496. The molecule has 0 aliphatic rings. The summed E-state index contributed by atoms with van der Waals surface area (Å²) in [4.78, 5) is 23.0. The minimum absolute atomic E-state index is 0.293. The van der Waals surface area contributed by atoms with E-state index in [1.807, 2.05) is 24.3 Å². The first-order valence-corrected chi connectivity index (χ1v) is 6.43. The smallest absolute Gasteiger partial charge is 0.325 e. The van der Waals surface area contributed by atoms with Gasteiger partial charge in [0.2, 0.25) is 5.91 Å². The van der Waals surface area contributed by atoms with Gasteiger partial charge in [-0.05, 0) is 25.0 Å². The normalized spacial score (nSPS) is 12.6. The summed E-state index contributed by atoms with van der Waals surface area (Å²) in [5.41, 5.74) is 0.191. The first-order valence-electron chi connectivity index (χ1n) is 6.43. The third-order valence-electron chi connectivity index (χ3n) is 3.16. The van der Waals surface area contributed by atoms with E-state index in [1.54, 1.807) is 21.0 Å². The van der Waals surface area contributed by atoms with Crippen LogP contribution in [-0.2, 0) is 16.0 Å². The molecule has 1 aromatic rings. The lowest BCUT2D eigenvalue weighted by Gasteiger charge is -2.25. The van der Waals surface area contributed by atoms with Gasteiger partial charge in [0.05, 0.1) is 7.11 Å². The highest BCUT2D eigenvalue weighted by atomic mass is 16.5. The quantitative estimate of drug-likeness (QED) is 0.833. The van der Waals surface area contributed by atoms with Gasteiger partial charge in [0.15, 0.2) is 0 Å². The summed E-state index contributed by atoms with van der Waals surface area (Å²) >= 11 is 0. The number of rotatable bonds is 6. The number of aliphatic carboxylic acids is 1. The van der Waals surface area contributed by atoms with Crippen LogP contribution < -0.4 is 10.1 Å². The zero-order valence-electron chi connectivity index (χ0n) is 12.3. The summed E-state index contributed by atoms with van der Waals surface area (Å²) in [5, 5.41) is 11.3. The molecular weight excluding hydrogens is 258 g/mol. The fourth-order valence-electron chi connectivity index (χ4n) is 1.86. The van der Waals surface area contributed by atoms with Gasteiger partial charge in [-0.15, -0.1) is 0 Å². The van der Waals surface area contributed by atoms with Crippen LogP contribution in [0.15, 0.2) is 24.3 Å². The zero-order chi connectivity index (χ0) is 15.3. The van der Waals surface area contributed by atoms with E-state index >= 15 is 0 Å². The number of carboxylic acid groups (broad SMARTS) is 1. The van der Waals surface area contributed by atoms with Crippen LogP contribution in [0.2, 0.25) is 0 Å². The summed E-state index contributed by atoms with van der Waals surface area (Å²) in [6, 6.07) is 6.57. The molecule has 0 saturated heterocycles. The SMILES string of the molecule is COc1ccccc1CC(C)(C)C(=O)N[C@H](C)C(=O)O. The Kier molecular flexibility index (Phi) is 5.13. The van der Waals surface area contributed by atoms with Gasteiger partial charge in [-0.1, -0.05) is 32.0 Å². The van der Waals surface area contributed by atoms with Crippen molar-refractivity contribution in [3.05, 3.63) is 29.8 Å². The number of carbonyl (C=O) groups is 2. The number of hydrogen-bond donors (Lipinski definition) is 2. The van der Waals surface area contributed by atoms with Crippen LogP contribution in [0.25, 0.3) is 0 Å². The third kappa shape index (κ3) is 3.98. The summed E-state index contributed by atoms with van der Waals surface area (Å²) < 4.78 is 5.26. The first-order chi connectivity index (χ1) is 9.27. The molecule has 0 radical (unpaired) electrons. The third-order valence-corrected chi connectivity index (χ3v) is 3.16. The van der Waals surface area contributed by atoms with Crippen molar-refractivity contribution in [3.63, 3.8) is 0 Å². The van der Waals surface area contributed by atoms with Gasteiger partial charge in [0.1, 0.15) is 11.8 Å². The van der Waals surface area contributed by atoms with Crippen molar-refractivity contribution < 1.29 is 19.4 Å². The van der Waals surface area contributed by atoms with Crippen molar-refractivity contribution in [1.29, 1.82) is 0 Å². The topological polar surface area (TPSA) is 75.6 Å². The van der Waals surface area contributed by atoms with E-state index < -0.39 is 17.4 Å². The van der Waals surface area contributed by atoms with Crippen LogP contribution in [-0.4, -0.2) is 30.1 Å². The summed E-state index contributed by atoms with van der Waals surface area (Å²) in [6.45, 7) is 5.01. The maximum absolute atomic E-state index is 12.2. The molecule has 2 N–H and O–H groups in total. The first kappa shape index (κ1) is 16.0. The average Bonchev–Trinajstić information content (AvgIpc) is 2.38. The average molecular weight is 279 g/mol. The number of methoxy groups -OCH3 is 1. The van der Waals surface area contributed by atoms with Crippen LogP contribution >= 0.6 is 0 Å². The molecule has 0 aliphatic carbocycles. The molecule has 0 saturated carbocycles. The van der Waals surface area contributed by atoms with E-state index in [9.17, 15) is 9.59 Å². The molecule has 1 rings (SSSR count). The Morgan fingerprint density at radius 2 is 1.95 bits per heavy atom. The highest BCUT2D eigenvalue weighted by molar-refractivity contribution is 5.87. The number of nitrogens with one attached hydrogen (secondary N) is 1. The largest absolute Gasteiger partial charge is 0.496 e. The van der Waals surface area contributed by atoms with Gasteiger partial charge in [0, 0.05) is 5.41 Å². The molecule has 0 spiro atoms. The highest BCUT2D eigenvalue weighted by Gasteiger charge is 2.31. The summed E-state index contributed by atoms with van der Waals surface area (Å²) in [7, 11) is 1.58. The molecule has 0 aliphatic heterocycles. The Balaban J connectivity index is 2.83. The lowest BCUT2D eigenvalue weighted by Crippen LogP contribution is -2.45. The van der Waals surface area contributed by atoms with Crippen LogP contribution in [0.3, 0.4) is 0 Å². The number of carboxylic acids is 1. The number of benzene rings is 1. The van der Waals surface area contributed by atoms with Gasteiger partial charge < -0.3 is 15.2 Å². The second kappa shape index (κ2) is 6.41. The molecule has 0 fully saturated rings. The number of ether oxygens (including phenoxy) is 1. The fourth-order valence-corrected chi connectivity index (χ4v) is 1.86. The molecule has 5 nitrogen and oxygen atoms in total. The molecule has 0 unspecified atom stereocenters. The Hall–Kier alpha value is -2.04. The van der Waals surface area contributed by atoms with E-state index in [0.29, 0.717) is 6.42 Å². The van der Waals surface area contributed by atoms with E-state index in [2.05, 4.69) is 5.32 Å². The lowest BCUT2D eigenvalue weighted by atomic mass is 9.84. The minimum atomic E-state index is -1.05. The lowest BCUT2D eigenvalue weighted by molar-refractivity contribution is -0.142. The van der Waals surface area contributed by atoms with Gasteiger partial charge in [0.25, 0.3) is 0 Å². The Labute approximate surface area is 118 Å². The van der Waals surface area contributed by atoms with Gasteiger partial charge >= 0.3 is 5.97 Å². The van der Waals surface area contributed by atoms with Crippen molar-refractivity contribution in [2.75, 3.05) is 7.11 Å². The maximum Gasteiger partial charge on any atom is 0.325 e. The highest BCUT2D eigenvalue weighted by Crippen LogP contribution is 2.28. The Morgan fingerprint density at radius 1 is 1.35 bits per heavy atom. The number of hydrogen-bond acceptors (Lipinski definition) is 3. The molecular formula is C15H21NO4. The van der Waals surface area contributed by atoms with E-state index in [1.165, 1.54) is 6.92 Å². The van der Waals surface area contributed by atoms with Crippen molar-refractivity contribution in [3.8, 4) is 5.75 Å². The summed E-state index contributed by atoms with van der Waals surface area (Å²) in [5.74, 6) is -0.621. The Morgan fingerprint density at radius 3 is 2.50 bits per heavy atom. The molecule has 20 heavy (non-hydrogen) atoms. The van der Waals surface area contributed by atoms with Crippen molar-refractivity contribution in [2.45, 2.75) is 33.2 Å². The van der Waals surface area contributed by atoms with Gasteiger partial charge in [-0.25, -0.2) is 0 Å². The van der Waals surface area contributed by atoms with Gasteiger partial charge in [-0.2, -0.15) is 0 Å². The molecule has 1 amide bonds. The number of para-hydroxylation sites is 1. The van der Waals surface area contributed by atoms with Crippen LogP contribution in [0.1, 0.15) is 26.3 Å². The molecule has 110 valence electrons. The number of carbonyl (C=O) groups excluding carboxylic acids is 1. The zero-order valence-corrected chi connectivity index (χ0v) is 12.3. The van der Waals surface area contributed by atoms with Crippen molar-refractivity contribution in [1.82, 2.24) is 5.32 Å². The monoisotopic (exact) mass is 279 g/mol. The second-order valence-corrected chi connectivity index (χ2v) is 5.41. The van der Waals surface area contributed by atoms with E-state index in [-0.39, 0.29) is 5.91 Å². The van der Waals surface area contributed by atoms with E-state index in [4.69, 9.17) is 9.84 Å². The fraction of sp³-hybridized carbons (Fsp3) is 0.467. The van der Waals surface area contributed by atoms with Crippen LogP contribution in [0, 0.1) is 5.41 Å². The molecule has 1 atom stereocenters. The minimum Gasteiger partial charge on any atom is -0.496 e. The van der Waals surface area contributed by atoms with E-state index in [0.717, 1.165) is 11.3 Å². The predicted octanol–water partition coefficient (Wildman–Crippen LogP) is 1.85. The second-order valence-electron chi connectivity index (χ2n) is 5.41.